The van der Waals surface area contributed by atoms with E-state index in [1.54, 1.807) is 41.0 Å². The van der Waals surface area contributed by atoms with E-state index >= 15 is 0 Å². The summed E-state index contributed by atoms with van der Waals surface area (Å²) in [6.07, 6.45) is 0. The highest BCUT2D eigenvalue weighted by atomic mass is 19.1. The monoisotopic (exact) mass is 472 g/mol. The molecular weight excluding hydrogens is 451 g/mol. The molecule has 1 amide bonds. The minimum Gasteiger partial charge on any atom is -0.497 e. The molecule has 9 heteroatoms. The molecule has 0 bridgehead atoms. The lowest BCUT2D eigenvalue weighted by atomic mass is 10.1. The maximum Gasteiger partial charge on any atom is 0.260 e. The second-order valence-corrected chi connectivity index (χ2v) is 7.85. The maximum atomic E-state index is 13.4. The Bertz CT molecular complexity index is 1600. The molecule has 0 spiro atoms. The van der Waals surface area contributed by atoms with Crippen LogP contribution in [0.5, 0.6) is 11.5 Å². The average Bonchev–Trinajstić information content (AvgIpc) is 3.18. The molecule has 5 rings (SSSR count). The van der Waals surface area contributed by atoms with E-state index in [2.05, 4.69) is 10.3 Å². The lowest BCUT2D eigenvalue weighted by molar-refractivity contribution is -0.116. The summed E-state index contributed by atoms with van der Waals surface area (Å²) in [6.45, 7) is -0.101. The van der Waals surface area contributed by atoms with Gasteiger partial charge >= 0.3 is 0 Å². The first-order valence-electron chi connectivity index (χ1n) is 10.8. The Balaban J connectivity index is 1.59. The largest absolute Gasteiger partial charge is 0.497 e. The molecule has 0 aliphatic rings. The molecule has 0 radical (unpaired) electrons. The molecule has 2 aromatic heterocycles. The maximum absolute atomic E-state index is 13.4. The normalized spacial score (nSPS) is 11.1. The fourth-order valence-electron chi connectivity index (χ4n) is 4.01. The number of methoxy groups -OCH3 is 2. The Kier molecular flexibility index (Phi) is 5.66. The number of nitrogens with one attached hydrogen (secondary N) is 1. The Labute approximate surface area is 199 Å². The van der Waals surface area contributed by atoms with Gasteiger partial charge in [-0.25, -0.2) is 13.8 Å². The van der Waals surface area contributed by atoms with Crippen molar-refractivity contribution in [3.63, 3.8) is 0 Å². The average molecular weight is 472 g/mol. The van der Waals surface area contributed by atoms with Crippen molar-refractivity contribution in [2.24, 2.45) is 0 Å². The fraction of sp³-hybridized carbons (Fsp3) is 0.115. The number of ether oxygens (including phenoxy) is 2. The van der Waals surface area contributed by atoms with Gasteiger partial charge in [-0.15, -0.1) is 0 Å². The summed E-state index contributed by atoms with van der Waals surface area (Å²) in [7, 11) is 3.06. The fourth-order valence-corrected chi connectivity index (χ4v) is 4.01. The minimum atomic E-state index is -0.383. The minimum absolute atomic E-state index is 0.101. The molecule has 0 fully saturated rings. The van der Waals surface area contributed by atoms with Gasteiger partial charge in [-0.1, -0.05) is 12.1 Å². The van der Waals surface area contributed by atoms with E-state index < -0.39 is 0 Å². The van der Waals surface area contributed by atoms with Gasteiger partial charge in [0.25, 0.3) is 5.56 Å². The molecule has 35 heavy (non-hydrogen) atoms. The zero-order valence-electron chi connectivity index (χ0n) is 19.0. The number of nitrogens with zero attached hydrogens (tertiary/aromatic N) is 3. The molecule has 1 N–H and O–H groups in total. The standard InChI is InChI=1S/C26H21FN4O4/c1-34-19-11-18(12-20(13-19)35-2)28-24(32)15-30-22-5-3-4-6-23(22)31-25(33)14-21(29-26(30)31)16-7-9-17(27)10-8-16/h3-14H,15H2,1-2H3,(H,28,32). The van der Waals surface area contributed by atoms with Gasteiger partial charge in [-0.2, -0.15) is 0 Å². The third-order valence-corrected chi connectivity index (χ3v) is 5.63. The first kappa shape index (κ1) is 22.1. The Hall–Kier alpha value is -4.66. The third kappa shape index (κ3) is 4.19. The molecular formula is C26H21FN4O4. The molecule has 3 aromatic carbocycles. The molecule has 8 nitrogen and oxygen atoms in total. The second-order valence-electron chi connectivity index (χ2n) is 7.85. The van der Waals surface area contributed by atoms with Crippen LogP contribution >= 0.6 is 0 Å². The van der Waals surface area contributed by atoms with Crippen LogP contribution in [0.1, 0.15) is 0 Å². The van der Waals surface area contributed by atoms with E-state index in [-0.39, 0.29) is 23.8 Å². The smallest absolute Gasteiger partial charge is 0.260 e. The Morgan fingerprint density at radius 1 is 0.943 bits per heavy atom. The van der Waals surface area contributed by atoms with Crippen LogP contribution in [0.15, 0.2) is 77.6 Å². The molecule has 0 atom stereocenters. The Morgan fingerprint density at radius 3 is 2.26 bits per heavy atom. The number of anilines is 1. The molecule has 176 valence electrons. The SMILES string of the molecule is COc1cc(NC(=O)Cn2c3ccccc3n3c(=O)cc(-c4ccc(F)cc4)nc23)cc(OC)c1. The number of carbonyl (C=O) groups is 1. The summed E-state index contributed by atoms with van der Waals surface area (Å²) in [5, 5.41) is 2.85. The highest BCUT2D eigenvalue weighted by Gasteiger charge is 2.17. The number of imidazole rings is 1. The topological polar surface area (TPSA) is 86.9 Å². The number of para-hydroxylation sites is 2. The van der Waals surface area contributed by atoms with E-state index in [9.17, 15) is 14.0 Å². The highest BCUT2D eigenvalue weighted by molar-refractivity contribution is 5.93. The van der Waals surface area contributed by atoms with Crippen LogP contribution in [-0.4, -0.2) is 34.1 Å². The predicted octanol–water partition coefficient (Wildman–Crippen LogP) is 4.11. The van der Waals surface area contributed by atoms with Crippen molar-refractivity contribution in [2.75, 3.05) is 19.5 Å². The van der Waals surface area contributed by atoms with Crippen LogP contribution in [0.2, 0.25) is 0 Å². The van der Waals surface area contributed by atoms with E-state index in [0.717, 1.165) is 0 Å². The predicted molar refractivity (Wildman–Crippen MR) is 131 cm³/mol. The molecule has 0 aliphatic carbocycles. The summed E-state index contributed by atoms with van der Waals surface area (Å²) >= 11 is 0. The van der Waals surface area contributed by atoms with Crippen LogP contribution in [0.4, 0.5) is 10.1 Å². The highest BCUT2D eigenvalue weighted by Crippen LogP contribution is 2.26. The van der Waals surface area contributed by atoms with Crippen LogP contribution in [-0.2, 0) is 11.3 Å². The van der Waals surface area contributed by atoms with Gasteiger partial charge in [0.05, 0.1) is 30.9 Å². The van der Waals surface area contributed by atoms with Crippen LogP contribution in [0.25, 0.3) is 28.1 Å². The number of fused-ring (bicyclic) bond motifs is 3. The number of carbonyl (C=O) groups excluding carboxylic acids is 1. The zero-order valence-corrected chi connectivity index (χ0v) is 19.0. The van der Waals surface area contributed by atoms with Crippen LogP contribution in [0.3, 0.4) is 0 Å². The van der Waals surface area contributed by atoms with E-state index in [1.165, 1.54) is 36.8 Å². The lowest BCUT2D eigenvalue weighted by Crippen LogP contribution is -2.20. The first-order chi connectivity index (χ1) is 17.0. The quantitative estimate of drug-likeness (QED) is 0.402. The summed E-state index contributed by atoms with van der Waals surface area (Å²) in [5.41, 5.74) is 2.48. The first-order valence-corrected chi connectivity index (χ1v) is 10.8. The zero-order chi connectivity index (χ0) is 24.5. The van der Waals surface area contributed by atoms with Gasteiger partial charge in [0, 0.05) is 35.5 Å². The summed E-state index contributed by atoms with van der Waals surface area (Å²) in [6, 6.07) is 19.5. The molecule has 5 aromatic rings. The van der Waals surface area contributed by atoms with E-state index in [1.807, 2.05) is 18.2 Å². The van der Waals surface area contributed by atoms with Crippen molar-refractivity contribution < 1.29 is 18.7 Å². The van der Waals surface area contributed by atoms with Crippen molar-refractivity contribution in [3.8, 4) is 22.8 Å². The van der Waals surface area contributed by atoms with Gasteiger partial charge < -0.3 is 19.4 Å². The number of halogens is 1. The van der Waals surface area contributed by atoms with Crippen molar-refractivity contribution in [1.29, 1.82) is 0 Å². The number of hydrogen-bond acceptors (Lipinski definition) is 5. The number of rotatable bonds is 6. The lowest BCUT2D eigenvalue weighted by Gasteiger charge is -2.11. The van der Waals surface area contributed by atoms with Crippen molar-refractivity contribution in [3.05, 3.63) is 89.0 Å². The second kappa shape index (κ2) is 8.94. The van der Waals surface area contributed by atoms with Gasteiger partial charge in [-0.3, -0.25) is 9.59 Å². The van der Waals surface area contributed by atoms with Crippen LogP contribution < -0.4 is 20.3 Å². The molecule has 0 saturated heterocycles. The van der Waals surface area contributed by atoms with Crippen LogP contribution in [0, 0.1) is 5.82 Å². The van der Waals surface area contributed by atoms with Crippen molar-refractivity contribution >= 4 is 28.4 Å². The van der Waals surface area contributed by atoms with Gasteiger partial charge in [0.1, 0.15) is 23.9 Å². The summed E-state index contributed by atoms with van der Waals surface area (Å²) in [4.78, 5) is 30.8. The number of hydrogen-bond donors (Lipinski definition) is 1. The number of amides is 1. The van der Waals surface area contributed by atoms with Crippen molar-refractivity contribution in [1.82, 2.24) is 14.0 Å². The number of benzene rings is 3. The van der Waals surface area contributed by atoms with Crippen molar-refractivity contribution in [2.45, 2.75) is 6.54 Å². The van der Waals surface area contributed by atoms with Gasteiger partial charge in [-0.05, 0) is 36.4 Å². The van der Waals surface area contributed by atoms with Gasteiger partial charge in [0.15, 0.2) is 0 Å². The van der Waals surface area contributed by atoms with Gasteiger partial charge in [0.2, 0.25) is 11.7 Å². The molecule has 0 aliphatic heterocycles. The number of aromatic nitrogens is 3. The molecule has 2 heterocycles. The van der Waals surface area contributed by atoms with E-state index in [4.69, 9.17) is 9.47 Å². The molecule has 0 unspecified atom stereocenters. The third-order valence-electron chi connectivity index (χ3n) is 5.63. The molecule has 0 saturated carbocycles. The summed E-state index contributed by atoms with van der Waals surface area (Å²) < 4.78 is 27.1. The summed E-state index contributed by atoms with van der Waals surface area (Å²) in [5.74, 6) is 0.662. The Morgan fingerprint density at radius 2 is 1.60 bits per heavy atom. The van der Waals surface area contributed by atoms with E-state index in [0.29, 0.717) is 45.3 Å².